The average Bonchev–Trinajstić information content (AvgIpc) is 2.82. The highest BCUT2D eigenvalue weighted by atomic mass is 16.5. The number of methoxy groups -OCH3 is 1. The van der Waals surface area contributed by atoms with Crippen molar-refractivity contribution in [3.05, 3.63) is 89.6 Å². The van der Waals surface area contributed by atoms with E-state index in [-0.39, 0.29) is 18.2 Å². The largest absolute Gasteiger partial charge is 0.469 e. The lowest BCUT2D eigenvalue weighted by molar-refractivity contribution is -0.141. The molecule has 6 heteroatoms. The number of nitrogens with zero attached hydrogens (tertiary/aromatic N) is 2. The van der Waals surface area contributed by atoms with Crippen LogP contribution in [0.3, 0.4) is 0 Å². The number of esters is 1. The fourth-order valence-corrected chi connectivity index (χ4v) is 4.60. The summed E-state index contributed by atoms with van der Waals surface area (Å²) in [5, 5.41) is 3.12. The van der Waals surface area contributed by atoms with Gasteiger partial charge in [0, 0.05) is 29.9 Å². The summed E-state index contributed by atoms with van der Waals surface area (Å²) in [7, 11) is 1.35. The highest BCUT2D eigenvalue weighted by Gasteiger charge is 2.30. The molecule has 0 radical (unpaired) electrons. The molecule has 0 fully saturated rings. The van der Waals surface area contributed by atoms with Crippen LogP contribution in [-0.2, 0) is 14.3 Å². The lowest BCUT2D eigenvalue weighted by Crippen LogP contribution is -2.46. The number of hydrogen-bond donors (Lipinski definition) is 1. The van der Waals surface area contributed by atoms with Gasteiger partial charge in [-0.3, -0.25) is 14.6 Å². The maximum absolute atomic E-state index is 13.7. The maximum Gasteiger partial charge on any atom is 0.307 e. The summed E-state index contributed by atoms with van der Waals surface area (Å²) in [5.41, 5.74) is 6.91. The number of hydrogen-bond acceptors (Lipinski definition) is 5. The van der Waals surface area contributed by atoms with E-state index < -0.39 is 18.1 Å². The van der Waals surface area contributed by atoms with Crippen LogP contribution in [0, 0.1) is 19.8 Å². The van der Waals surface area contributed by atoms with Gasteiger partial charge in [0.25, 0.3) is 0 Å². The first-order valence-electron chi connectivity index (χ1n) is 12.3. The molecular weight excluding hydrogens is 450 g/mol. The number of ether oxygens (including phenoxy) is 1. The quantitative estimate of drug-likeness (QED) is 0.453. The van der Waals surface area contributed by atoms with E-state index in [1.54, 1.807) is 6.20 Å². The third-order valence-electron chi connectivity index (χ3n) is 6.40. The van der Waals surface area contributed by atoms with E-state index in [4.69, 9.17) is 4.74 Å². The summed E-state index contributed by atoms with van der Waals surface area (Å²) < 4.78 is 4.95. The summed E-state index contributed by atoms with van der Waals surface area (Å²) in [6.45, 7) is 14.4. The first kappa shape index (κ1) is 26.9. The summed E-state index contributed by atoms with van der Waals surface area (Å²) in [6.07, 6.45) is 9.99. The molecule has 2 atom stereocenters. The molecule has 1 N–H and O–H groups in total. The van der Waals surface area contributed by atoms with Crippen LogP contribution >= 0.6 is 0 Å². The Hall–Kier alpha value is -3.67. The Labute approximate surface area is 214 Å². The van der Waals surface area contributed by atoms with Crippen LogP contribution in [0.1, 0.15) is 56.3 Å². The zero-order valence-electron chi connectivity index (χ0n) is 22.2. The number of pyridine rings is 1. The Bertz CT molecular complexity index is 1180. The Morgan fingerprint density at radius 2 is 1.83 bits per heavy atom. The van der Waals surface area contributed by atoms with Gasteiger partial charge >= 0.3 is 5.97 Å². The first-order valence-corrected chi connectivity index (χ1v) is 12.3. The number of carbonyl (C=O) groups is 2. The molecule has 0 bridgehead atoms. The summed E-state index contributed by atoms with van der Waals surface area (Å²) in [4.78, 5) is 32.4. The van der Waals surface area contributed by atoms with Crippen LogP contribution in [0.25, 0.3) is 11.1 Å². The minimum absolute atomic E-state index is 0.00429. The van der Waals surface area contributed by atoms with Crippen molar-refractivity contribution in [1.29, 1.82) is 0 Å². The molecule has 1 aromatic carbocycles. The third kappa shape index (κ3) is 6.51. The lowest BCUT2D eigenvalue weighted by Gasteiger charge is -2.34. The standard InChI is InChI=1S/C30H37N3O3/c1-19(2)13-27(33-12-11-20(3)14-23(33)6)30(35)32-26(16-28(34)36-7)24-15-25(18-31-17-24)29-21(4)9-8-10-22(29)5/h8-12,14-15,17-19,26-27H,6,13,16H2,1-5,7H3,(H,32,35)/t26-,27?/m1/s1. The normalized spacial score (nSPS) is 14.9. The van der Waals surface area contributed by atoms with Crippen LogP contribution in [0.15, 0.2) is 72.9 Å². The van der Waals surface area contributed by atoms with E-state index in [9.17, 15) is 9.59 Å². The van der Waals surface area contributed by atoms with Gasteiger partial charge in [-0.05, 0) is 79.2 Å². The molecule has 3 rings (SSSR count). The molecule has 0 saturated heterocycles. The van der Waals surface area contributed by atoms with E-state index in [1.165, 1.54) is 7.11 Å². The van der Waals surface area contributed by atoms with Gasteiger partial charge in [-0.25, -0.2) is 0 Å². The SMILES string of the molecule is C=C1C=C(C)C=CN1C(CC(C)C)C(=O)N[C@H](CC(=O)OC)c1cncc(-c2c(C)cccc2C)c1. The lowest BCUT2D eigenvalue weighted by atomic mass is 9.94. The number of nitrogens with one attached hydrogen (secondary N) is 1. The smallest absolute Gasteiger partial charge is 0.307 e. The van der Waals surface area contributed by atoms with Crippen LogP contribution < -0.4 is 5.32 Å². The summed E-state index contributed by atoms with van der Waals surface area (Å²) in [6, 6.07) is 7.10. The van der Waals surface area contributed by atoms with Crippen molar-refractivity contribution in [1.82, 2.24) is 15.2 Å². The first-order chi connectivity index (χ1) is 17.1. The molecule has 0 spiro atoms. The summed E-state index contributed by atoms with van der Waals surface area (Å²) >= 11 is 0. The minimum Gasteiger partial charge on any atom is -0.469 e. The second-order valence-electron chi connectivity index (χ2n) is 9.86. The number of carbonyl (C=O) groups excluding carboxylic acids is 2. The fourth-order valence-electron chi connectivity index (χ4n) is 4.60. The van der Waals surface area contributed by atoms with Crippen molar-refractivity contribution in [2.45, 2.75) is 59.5 Å². The van der Waals surface area contributed by atoms with Gasteiger partial charge in [0.15, 0.2) is 0 Å². The van der Waals surface area contributed by atoms with Gasteiger partial charge in [0.1, 0.15) is 6.04 Å². The molecule has 6 nitrogen and oxygen atoms in total. The monoisotopic (exact) mass is 487 g/mol. The second kappa shape index (κ2) is 11.8. The molecule has 1 aromatic heterocycles. The molecule has 36 heavy (non-hydrogen) atoms. The van der Waals surface area contributed by atoms with Gasteiger partial charge in [-0.2, -0.15) is 0 Å². The highest BCUT2D eigenvalue weighted by molar-refractivity contribution is 5.84. The number of amides is 1. The number of aryl methyl sites for hydroxylation is 2. The second-order valence-corrected chi connectivity index (χ2v) is 9.86. The number of benzene rings is 1. The molecule has 190 valence electrons. The van der Waals surface area contributed by atoms with Gasteiger partial charge in [0.05, 0.1) is 19.6 Å². The molecule has 1 amide bonds. The Morgan fingerprint density at radius 1 is 1.14 bits per heavy atom. The maximum atomic E-state index is 13.7. The van der Waals surface area contributed by atoms with Crippen molar-refractivity contribution in [3.63, 3.8) is 0 Å². The zero-order chi connectivity index (χ0) is 26.4. The van der Waals surface area contributed by atoms with Gasteiger partial charge < -0.3 is 15.0 Å². The van der Waals surface area contributed by atoms with Gasteiger partial charge in [0.2, 0.25) is 5.91 Å². The Balaban J connectivity index is 1.95. The predicted molar refractivity (Wildman–Crippen MR) is 144 cm³/mol. The van der Waals surface area contributed by atoms with Gasteiger partial charge in [-0.15, -0.1) is 0 Å². The highest BCUT2D eigenvalue weighted by Crippen LogP contribution is 2.30. The molecule has 2 aromatic rings. The van der Waals surface area contributed by atoms with Crippen LogP contribution in [-0.4, -0.2) is 34.9 Å². The Morgan fingerprint density at radius 3 is 2.44 bits per heavy atom. The zero-order valence-corrected chi connectivity index (χ0v) is 22.2. The minimum atomic E-state index is -0.587. The topological polar surface area (TPSA) is 71.5 Å². The van der Waals surface area contributed by atoms with Gasteiger partial charge in [-0.1, -0.05) is 38.6 Å². The molecule has 1 aliphatic heterocycles. The third-order valence-corrected chi connectivity index (χ3v) is 6.40. The fraction of sp³-hybridized carbons (Fsp3) is 0.367. The van der Waals surface area contributed by atoms with E-state index in [2.05, 4.69) is 56.7 Å². The van der Waals surface area contributed by atoms with Crippen LogP contribution in [0.4, 0.5) is 0 Å². The molecule has 0 aliphatic carbocycles. The Kier molecular flexibility index (Phi) is 8.86. The average molecular weight is 488 g/mol. The van der Waals surface area contributed by atoms with Crippen molar-refractivity contribution in [2.75, 3.05) is 7.11 Å². The van der Waals surface area contributed by atoms with Crippen molar-refractivity contribution in [3.8, 4) is 11.1 Å². The molecular formula is C30H37N3O3. The van der Waals surface area contributed by atoms with Crippen LogP contribution in [0.2, 0.25) is 0 Å². The van der Waals surface area contributed by atoms with E-state index in [0.29, 0.717) is 6.42 Å². The predicted octanol–water partition coefficient (Wildman–Crippen LogP) is 5.79. The van der Waals surface area contributed by atoms with Crippen molar-refractivity contribution in [2.24, 2.45) is 5.92 Å². The van der Waals surface area contributed by atoms with E-state index >= 15 is 0 Å². The van der Waals surface area contributed by atoms with E-state index in [0.717, 1.165) is 39.1 Å². The number of rotatable bonds is 9. The van der Waals surface area contributed by atoms with Crippen LogP contribution in [0.5, 0.6) is 0 Å². The number of allylic oxidation sites excluding steroid dienone is 3. The summed E-state index contributed by atoms with van der Waals surface area (Å²) in [5.74, 6) is -0.296. The molecule has 2 heterocycles. The molecule has 1 aliphatic rings. The number of aromatic nitrogens is 1. The molecule has 1 unspecified atom stereocenters. The van der Waals surface area contributed by atoms with E-state index in [1.807, 2.05) is 48.5 Å². The van der Waals surface area contributed by atoms with Crippen molar-refractivity contribution < 1.29 is 14.3 Å². The molecule has 0 saturated carbocycles. The van der Waals surface area contributed by atoms with Crippen molar-refractivity contribution >= 4 is 11.9 Å².